The van der Waals surface area contributed by atoms with Crippen molar-refractivity contribution >= 4 is 29.6 Å². The first-order valence-electron chi connectivity index (χ1n) is 6.23. The number of hydrogen-bond acceptors (Lipinski definition) is 5. The van der Waals surface area contributed by atoms with Crippen LogP contribution in [0.4, 0.5) is 5.69 Å². The number of rotatable bonds is 6. The molecule has 0 fully saturated rings. The van der Waals surface area contributed by atoms with Crippen molar-refractivity contribution in [3.8, 4) is 0 Å². The van der Waals surface area contributed by atoms with Crippen molar-refractivity contribution in [1.82, 2.24) is 0 Å². The number of esters is 2. The van der Waals surface area contributed by atoms with E-state index in [1.807, 2.05) is 0 Å². The number of anilines is 1. The van der Waals surface area contributed by atoms with Gasteiger partial charge >= 0.3 is 11.9 Å². The Morgan fingerprint density at radius 1 is 1.19 bits per heavy atom. The first-order chi connectivity index (χ1) is 10.0. The summed E-state index contributed by atoms with van der Waals surface area (Å²) in [5, 5.41) is 2.58. The third-order valence-corrected chi connectivity index (χ3v) is 2.74. The van der Waals surface area contributed by atoms with Crippen LogP contribution in [0.1, 0.15) is 28.8 Å². The van der Waals surface area contributed by atoms with Gasteiger partial charge in [-0.1, -0.05) is 18.7 Å². The molecule has 0 heterocycles. The zero-order valence-electron chi connectivity index (χ0n) is 12.0. The van der Waals surface area contributed by atoms with Gasteiger partial charge in [0.25, 0.3) is 0 Å². The number of amides is 1. The summed E-state index contributed by atoms with van der Waals surface area (Å²) in [4.78, 5) is 34.5. The van der Waals surface area contributed by atoms with Crippen LogP contribution in [0.5, 0.6) is 0 Å². The van der Waals surface area contributed by atoms with Gasteiger partial charge in [-0.25, -0.2) is 4.79 Å². The number of carbonyl (C=O) groups is 3. The van der Waals surface area contributed by atoms with Crippen molar-refractivity contribution in [3.05, 3.63) is 35.9 Å². The first kappa shape index (κ1) is 16.4. The second-order valence-electron chi connectivity index (χ2n) is 4.13. The lowest BCUT2D eigenvalue weighted by molar-refractivity contribution is -0.141. The van der Waals surface area contributed by atoms with Gasteiger partial charge in [0.05, 0.1) is 31.9 Å². The Morgan fingerprint density at radius 2 is 1.90 bits per heavy atom. The molecule has 0 radical (unpaired) electrons. The van der Waals surface area contributed by atoms with Crippen molar-refractivity contribution in [3.63, 3.8) is 0 Å². The van der Waals surface area contributed by atoms with Gasteiger partial charge in [-0.2, -0.15) is 0 Å². The van der Waals surface area contributed by atoms with E-state index in [-0.39, 0.29) is 18.4 Å². The second-order valence-corrected chi connectivity index (χ2v) is 4.13. The molecular formula is C15H17NO5. The number of methoxy groups -OCH3 is 2. The lowest BCUT2D eigenvalue weighted by Gasteiger charge is -2.10. The van der Waals surface area contributed by atoms with Gasteiger partial charge in [0, 0.05) is 6.42 Å². The van der Waals surface area contributed by atoms with E-state index in [0.29, 0.717) is 5.69 Å². The molecule has 0 aliphatic heterocycles. The average Bonchev–Trinajstić information content (AvgIpc) is 2.51. The van der Waals surface area contributed by atoms with E-state index in [4.69, 9.17) is 0 Å². The van der Waals surface area contributed by atoms with E-state index in [1.165, 1.54) is 14.2 Å². The molecule has 112 valence electrons. The summed E-state index contributed by atoms with van der Waals surface area (Å²) in [6.07, 6.45) is 1.52. The SMILES string of the molecule is C=Cc1ccc(C(=O)OC)c(NC(=O)CCC(=O)OC)c1. The van der Waals surface area contributed by atoms with Crippen LogP contribution in [0.3, 0.4) is 0 Å². The average molecular weight is 291 g/mol. The third kappa shape index (κ3) is 4.76. The summed E-state index contributed by atoms with van der Waals surface area (Å²) in [6.45, 7) is 3.63. The Balaban J connectivity index is 2.89. The summed E-state index contributed by atoms with van der Waals surface area (Å²) in [5.74, 6) is -1.43. The predicted molar refractivity (Wildman–Crippen MR) is 77.8 cm³/mol. The zero-order chi connectivity index (χ0) is 15.8. The van der Waals surface area contributed by atoms with Crippen molar-refractivity contribution in [2.45, 2.75) is 12.8 Å². The molecule has 6 nitrogen and oxygen atoms in total. The maximum atomic E-state index is 11.8. The number of carbonyl (C=O) groups excluding carboxylic acids is 3. The predicted octanol–water partition coefficient (Wildman–Crippen LogP) is 2.01. The van der Waals surface area contributed by atoms with E-state index in [2.05, 4.69) is 21.4 Å². The van der Waals surface area contributed by atoms with Gasteiger partial charge < -0.3 is 14.8 Å². The number of benzene rings is 1. The van der Waals surface area contributed by atoms with Crippen LogP contribution in [0.15, 0.2) is 24.8 Å². The standard InChI is InChI=1S/C15H17NO5/c1-4-10-5-6-11(15(19)21-3)12(9-10)16-13(17)7-8-14(18)20-2/h4-6,9H,1,7-8H2,2-3H3,(H,16,17). The van der Waals surface area contributed by atoms with Crippen LogP contribution in [0, 0.1) is 0 Å². The molecule has 21 heavy (non-hydrogen) atoms. The molecule has 0 saturated carbocycles. The molecule has 1 aromatic carbocycles. The van der Waals surface area contributed by atoms with Gasteiger partial charge in [-0.3, -0.25) is 9.59 Å². The van der Waals surface area contributed by atoms with Crippen LogP contribution in [-0.4, -0.2) is 32.1 Å². The molecule has 0 spiro atoms. The summed E-state index contributed by atoms with van der Waals surface area (Å²) in [7, 11) is 2.51. The molecule has 0 aliphatic rings. The Bertz CT molecular complexity index is 565. The Morgan fingerprint density at radius 3 is 2.48 bits per heavy atom. The van der Waals surface area contributed by atoms with Crippen LogP contribution in [0.2, 0.25) is 0 Å². The largest absolute Gasteiger partial charge is 0.469 e. The molecule has 0 atom stereocenters. The molecule has 1 N–H and O–H groups in total. The zero-order valence-corrected chi connectivity index (χ0v) is 12.0. The first-order valence-corrected chi connectivity index (χ1v) is 6.23. The quantitative estimate of drug-likeness (QED) is 0.811. The summed E-state index contributed by atoms with van der Waals surface area (Å²) in [5.41, 5.74) is 1.29. The third-order valence-electron chi connectivity index (χ3n) is 2.74. The normalized spacial score (nSPS) is 9.62. The lowest BCUT2D eigenvalue weighted by atomic mass is 10.1. The highest BCUT2D eigenvalue weighted by atomic mass is 16.5. The van der Waals surface area contributed by atoms with Crippen molar-refractivity contribution < 1.29 is 23.9 Å². The van der Waals surface area contributed by atoms with Gasteiger partial charge in [0.15, 0.2) is 0 Å². The van der Waals surface area contributed by atoms with Gasteiger partial charge in [-0.15, -0.1) is 0 Å². The van der Waals surface area contributed by atoms with E-state index in [0.717, 1.165) is 5.56 Å². The number of nitrogens with one attached hydrogen (secondary N) is 1. The van der Waals surface area contributed by atoms with Crippen molar-refractivity contribution in [2.75, 3.05) is 19.5 Å². The van der Waals surface area contributed by atoms with Crippen molar-refractivity contribution in [1.29, 1.82) is 0 Å². The molecule has 1 aromatic rings. The monoisotopic (exact) mass is 291 g/mol. The molecule has 0 saturated heterocycles. The van der Waals surface area contributed by atoms with Gasteiger partial charge in [-0.05, 0) is 17.7 Å². The smallest absolute Gasteiger partial charge is 0.339 e. The molecule has 0 unspecified atom stereocenters. The minimum Gasteiger partial charge on any atom is -0.469 e. The molecule has 0 bridgehead atoms. The van der Waals surface area contributed by atoms with E-state index in [1.54, 1.807) is 24.3 Å². The Hall–Kier alpha value is -2.63. The highest BCUT2D eigenvalue weighted by Gasteiger charge is 2.15. The fourth-order valence-electron chi connectivity index (χ4n) is 1.61. The van der Waals surface area contributed by atoms with Crippen LogP contribution >= 0.6 is 0 Å². The number of ether oxygens (including phenoxy) is 2. The molecule has 0 aromatic heterocycles. The number of hydrogen-bond donors (Lipinski definition) is 1. The molecule has 1 rings (SSSR count). The molecular weight excluding hydrogens is 274 g/mol. The van der Waals surface area contributed by atoms with Crippen LogP contribution in [0.25, 0.3) is 6.08 Å². The highest BCUT2D eigenvalue weighted by Crippen LogP contribution is 2.20. The van der Waals surface area contributed by atoms with Crippen molar-refractivity contribution in [2.24, 2.45) is 0 Å². The van der Waals surface area contributed by atoms with Crippen LogP contribution < -0.4 is 5.32 Å². The minimum absolute atomic E-state index is 0.0307. The fourth-order valence-corrected chi connectivity index (χ4v) is 1.61. The topological polar surface area (TPSA) is 81.7 Å². The van der Waals surface area contributed by atoms with Crippen LogP contribution in [-0.2, 0) is 19.1 Å². The highest BCUT2D eigenvalue weighted by molar-refractivity contribution is 6.02. The van der Waals surface area contributed by atoms with E-state index >= 15 is 0 Å². The van der Waals surface area contributed by atoms with Gasteiger partial charge in [0.2, 0.25) is 5.91 Å². The minimum atomic E-state index is -0.561. The summed E-state index contributed by atoms with van der Waals surface area (Å²) in [6, 6.07) is 4.83. The van der Waals surface area contributed by atoms with E-state index in [9.17, 15) is 14.4 Å². The molecule has 0 aliphatic carbocycles. The summed E-state index contributed by atoms with van der Waals surface area (Å²) < 4.78 is 9.12. The molecule has 6 heteroatoms. The summed E-state index contributed by atoms with van der Waals surface area (Å²) >= 11 is 0. The Labute approximate surface area is 122 Å². The lowest BCUT2D eigenvalue weighted by Crippen LogP contribution is -2.16. The molecule has 1 amide bonds. The second kappa shape index (κ2) is 7.84. The maximum absolute atomic E-state index is 11.8. The fraction of sp³-hybridized carbons (Fsp3) is 0.267. The van der Waals surface area contributed by atoms with Gasteiger partial charge in [0.1, 0.15) is 0 Å². The maximum Gasteiger partial charge on any atom is 0.339 e. The Kier molecular flexibility index (Phi) is 6.13. The van der Waals surface area contributed by atoms with E-state index < -0.39 is 17.8 Å².